The average Bonchev–Trinajstić information content (AvgIpc) is 2.93. The predicted octanol–water partition coefficient (Wildman–Crippen LogP) is 2.83. The first-order chi connectivity index (χ1) is 11.1. The number of furan rings is 1. The second-order valence-corrected chi connectivity index (χ2v) is 4.87. The number of aliphatic hydroxyl groups is 1. The second kappa shape index (κ2) is 5.94. The fourth-order valence-electron chi connectivity index (χ4n) is 2.38. The van der Waals surface area contributed by atoms with Crippen LogP contribution < -0.4 is 5.73 Å². The summed E-state index contributed by atoms with van der Waals surface area (Å²) in [7, 11) is 0. The van der Waals surface area contributed by atoms with Crippen molar-refractivity contribution in [1.29, 1.82) is 0 Å². The van der Waals surface area contributed by atoms with Crippen molar-refractivity contribution in [2.75, 3.05) is 0 Å². The first kappa shape index (κ1) is 14.8. The van der Waals surface area contributed by atoms with Gasteiger partial charge in [-0.3, -0.25) is 0 Å². The molecule has 0 fully saturated rings. The number of hydrogen-bond donors (Lipinski definition) is 2. The first-order valence-corrected chi connectivity index (χ1v) is 6.83. The van der Waals surface area contributed by atoms with Gasteiger partial charge in [0.25, 0.3) is 0 Å². The van der Waals surface area contributed by atoms with Gasteiger partial charge in [-0.1, -0.05) is 36.4 Å². The van der Waals surface area contributed by atoms with Gasteiger partial charge >= 0.3 is 12.1 Å². The van der Waals surface area contributed by atoms with E-state index < -0.39 is 12.1 Å². The van der Waals surface area contributed by atoms with E-state index >= 15 is 0 Å². The highest BCUT2D eigenvalue weighted by atomic mass is 16.6. The van der Waals surface area contributed by atoms with E-state index in [1.807, 2.05) is 6.07 Å². The Morgan fingerprint density at radius 2 is 1.87 bits per heavy atom. The molecule has 0 aliphatic carbocycles. The van der Waals surface area contributed by atoms with Gasteiger partial charge in [0.05, 0.1) is 6.61 Å². The molecule has 0 spiro atoms. The third-order valence-electron chi connectivity index (χ3n) is 3.37. The van der Waals surface area contributed by atoms with Crippen molar-refractivity contribution in [1.82, 2.24) is 0 Å². The molecule has 23 heavy (non-hydrogen) atoms. The smallest absolute Gasteiger partial charge is 0.412 e. The number of ether oxygens (including phenoxy) is 1. The Bertz CT molecular complexity index is 883. The molecule has 0 saturated carbocycles. The Morgan fingerprint density at radius 3 is 2.52 bits per heavy atom. The number of carbonyl (C=O) groups excluding carboxylic acids is 2. The summed E-state index contributed by atoms with van der Waals surface area (Å²) in [5.41, 5.74) is 6.74. The lowest BCUT2D eigenvalue weighted by molar-refractivity contribution is 0.0640. The van der Waals surface area contributed by atoms with E-state index in [2.05, 4.69) is 4.74 Å². The number of aliphatic hydroxyl groups excluding tert-OH is 1. The molecular formula is C17H13NO5. The summed E-state index contributed by atoms with van der Waals surface area (Å²) in [6, 6.07) is 13.9. The first-order valence-electron chi connectivity index (χ1n) is 6.83. The fourth-order valence-corrected chi connectivity index (χ4v) is 2.38. The van der Waals surface area contributed by atoms with E-state index in [1.54, 1.807) is 42.5 Å². The maximum Gasteiger partial charge on any atom is 0.412 e. The van der Waals surface area contributed by atoms with Crippen LogP contribution in [0.1, 0.15) is 15.9 Å². The second-order valence-electron chi connectivity index (χ2n) is 4.87. The van der Waals surface area contributed by atoms with Gasteiger partial charge in [0.1, 0.15) is 16.9 Å². The summed E-state index contributed by atoms with van der Waals surface area (Å²) in [5, 5.41) is 9.72. The molecule has 0 aliphatic rings. The molecule has 2 aromatic carbocycles. The number of hydrogen-bond acceptors (Lipinski definition) is 5. The number of benzene rings is 2. The SMILES string of the molecule is NC(=O)OC(=O)c1c(-c2ccccc2)oc2ccc(CO)cc12. The van der Waals surface area contributed by atoms with Crippen molar-refractivity contribution < 1.29 is 23.8 Å². The predicted molar refractivity (Wildman–Crippen MR) is 82.6 cm³/mol. The number of amides is 1. The lowest BCUT2D eigenvalue weighted by Crippen LogP contribution is -2.18. The summed E-state index contributed by atoms with van der Waals surface area (Å²) in [6.45, 7) is -0.188. The number of fused-ring (bicyclic) bond motifs is 1. The summed E-state index contributed by atoms with van der Waals surface area (Å²) >= 11 is 0. The van der Waals surface area contributed by atoms with E-state index in [0.717, 1.165) is 0 Å². The summed E-state index contributed by atoms with van der Waals surface area (Å²) < 4.78 is 10.3. The minimum Gasteiger partial charge on any atom is -0.455 e. The highest BCUT2D eigenvalue weighted by Gasteiger charge is 2.24. The van der Waals surface area contributed by atoms with Crippen molar-refractivity contribution in [2.45, 2.75) is 6.61 Å². The van der Waals surface area contributed by atoms with Crippen molar-refractivity contribution in [3.05, 3.63) is 59.7 Å². The largest absolute Gasteiger partial charge is 0.455 e. The highest BCUT2D eigenvalue weighted by Crippen LogP contribution is 2.34. The van der Waals surface area contributed by atoms with Crippen LogP contribution in [0.15, 0.2) is 52.9 Å². The van der Waals surface area contributed by atoms with Gasteiger partial charge in [-0.15, -0.1) is 0 Å². The molecule has 0 bridgehead atoms. The van der Waals surface area contributed by atoms with E-state index in [4.69, 9.17) is 10.2 Å². The number of rotatable bonds is 3. The highest BCUT2D eigenvalue weighted by molar-refractivity contribution is 6.11. The zero-order valence-corrected chi connectivity index (χ0v) is 12.0. The number of primary amides is 1. The van der Waals surface area contributed by atoms with Crippen LogP contribution >= 0.6 is 0 Å². The Morgan fingerprint density at radius 1 is 1.13 bits per heavy atom. The molecule has 3 rings (SSSR count). The third-order valence-corrected chi connectivity index (χ3v) is 3.37. The molecule has 3 aromatic rings. The third kappa shape index (κ3) is 2.79. The standard InChI is InChI=1S/C17H13NO5/c18-17(21)23-16(20)14-12-8-10(9-19)6-7-13(12)22-15(14)11-4-2-1-3-5-11/h1-8,19H,9H2,(H2,18,21). The zero-order chi connectivity index (χ0) is 16.4. The van der Waals surface area contributed by atoms with Crippen LogP contribution in [0.4, 0.5) is 4.79 Å². The molecule has 116 valence electrons. The van der Waals surface area contributed by atoms with Crippen LogP contribution in [0.5, 0.6) is 0 Å². The monoisotopic (exact) mass is 311 g/mol. The molecule has 0 saturated heterocycles. The number of carbonyl (C=O) groups is 2. The Hall–Kier alpha value is -3.12. The summed E-state index contributed by atoms with van der Waals surface area (Å²) in [4.78, 5) is 23.2. The van der Waals surface area contributed by atoms with Crippen molar-refractivity contribution in [3.8, 4) is 11.3 Å². The topological polar surface area (TPSA) is 103 Å². The molecule has 0 unspecified atom stereocenters. The van der Waals surface area contributed by atoms with Crippen molar-refractivity contribution >= 4 is 23.0 Å². The van der Waals surface area contributed by atoms with Crippen LogP contribution in [-0.4, -0.2) is 17.2 Å². The Labute approximate surface area is 131 Å². The molecule has 0 radical (unpaired) electrons. The zero-order valence-electron chi connectivity index (χ0n) is 12.0. The molecule has 1 heterocycles. The molecule has 6 heteroatoms. The Kier molecular flexibility index (Phi) is 3.82. The molecule has 1 aromatic heterocycles. The quantitative estimate of drug-likeness (QED) is 0.572. The molecule has 6 nitrogen and oxygen atoms in total. The number of nitrogens with two attached hydrogens (primary N) is 1. The molecule has 0 atom stereocenters. The van der Waals surface area contributed by atoms with E-state index in [1.165, 1.54) is 0 Å². The van der Waals surface area contributed by atoms with Crippen LogP contribution in [0.25, 0.3) is 22.3 Å². The molecule has 3 N–H and O–H groups in total. The minimum atomic E-state index is -1.19. The lowest BCUT2D eigenvalue weighted by Gasteiger charge is -2.02. The van der Waals surface area contributed by atoms with Gasteiger partial charge in [-0.25, -0.2) is 9.59 Å². The van der Waals surface area contributed by atoms with E-state index in [9.17, 15) is 14.7 Å². The van der Waals surface area contributed by atoms with Gasteiger partial charge in [0.15, 0.2) is 0 Å². The van der Waals surface area contributed by atoms with Gasteiger partial charge in [0.2, 0.25) is 0 Å². The fraction of sp³-hybridized carbons (Fsp3) is 0.0588. The minimum absolute atomic E-state index is 0.0975. The van der Waals surface area contributed by atoms with Crippen LogP contribution in [0.2, 0.25) is 0 Å². The Balaban J connectivity index is 2.26. The van der Waals surface area contributed by atoms with Crippen LogP contribution in [-0.2, 0) is 11.3 Å². The normalized spacial score (nSPS) is 10.7. The lowest BCUT2D eigenvalue weighted by atomic mass is 10.0. The molecular weight excluding hydrogens is 298 g/mol. The molecule has 1 amide bonds. The molecule has 0 aliphatic heterocycles. The van der Waals surface area contributed by atoms with Crippen molar-refractivity contribution in [3.63, 3.8) is 0 Å². The van der Waals surface area contributed by atoms with E-state index in [-0.39, 0.29) is 17.9 Å². The maximum atomic E-state index is 12.3. The van der Waals surface area contributed by atoms with Gasteiger partial charge in [-0.2, -0.15) is 0 Å². The van der Waals surface area contributed by atoms with Crippen molar-refractivity contribution in [2.24, 2.45) is 5.73 Å². The van der Waals surface area contributed by atoms with E-state index in [0.29, 0.717) is 22.1 Å². The van der Waals surface area contributed by atoms with Crippen LogP contribution in [0.3, 0.4) is 0 Å². The number of esters is 1. The average molecular weight is 311 g/mol. The van der Waals surface area contributed by atoms with Gasteiger partial charge in [0, 0.05) is 10.9 Å². The maximum absolute atomic E-state index is 12.3. The summed E-state index contributed by atoms with van der Waals surface area (Å²) in [5.74, 6) is -0.618. The summed E-state index contributed by atoms with van der Waals surface area (Å²) in [6.07, 6.45) is -1.19. The van der Waals surface area contributed by atoms with Crippen LogP contribution in [0, 0.1) is 0 Å². The van der Waals surface area contributed by atoms with Gasteiger partial charge < -0.3 is 20.0 Å². The van der Waals surface area contributed by atoms with Gasteiger partial charge in [-0.05, 0) is 17.7 Å².